The van der Waals surface area contributed by atoms with Gasteiger partial charge >= 0.3 is 0 Å². The molecule has 0 radical (unpaired) electrons. The van der Waals surface area contributed by atoms with Gasteiger partial charge < -0.3 is 5.32 Å². The average Bonchev–Trinajstić information content (AvgIpc) is 2.73. The SMILES string of the molecule is Cc1nc2ccccc2c(-c2ccccc2)c1C(=O)Nc1ccc([N+](=O)[O-])cc1. The summed E-state index contributed by atoms with van der Waals surface area (Å²) in [5.41, 5.74) is 4.09. The highest BCUT2D eigenvalue weighted by Crippen LogP contribution is 2.33. The van der Waals surface area contributed by atoms with Gasteiger partial charge in [0.25, 0.3) is 11.6 Å². The number of amides is 1. The third kappa shape index (κ3) is 3.55. The zero-order chi connectivity index (χ0) is 20.4. The second-order valence-corrected chi connectivity index (χ2v) is 6.59. The molecule has 6 nitrogen and oxygen atoms in total. The summed E-state index contributed by atoms with van der Waals surface area (Å²) in [7, 11) is 0. The van der Waals surface area contributed by atoms with E-state index in [1.807, 2.05) is 61.5 Å². The van der Waals surface area contributed by atoms with Crippen molar-refractivity contribution in [3.05, 3.63) is 100 Å². The molecular weight excluding hydrogens is 366 g/mol. The lowest BCUT2D eigenvalue weighted by Crippen LogP contribution is -2.16. The third-order valence-electron chi connectivity index (χ3n) is 4.70. The van der Waals surface area contributed by atoms with E-state index in [1.54, 1.807) is 0 Å². The van der Waals surface area contributed by atoms with E-state index < -0.39 is 4.92 Å². The molecule has 0 fully saturated rings. The molecule has 0 bridgehead atoms. The Balaban J connectivity index is 1.83. The van der Waals surface area contributed by atoms with Crippen molar-refractivity contribution in [2.75, 3.05) is 5.32 Å². The standard InChI is InChI=1S/C23H17N3O3/c1-15-21(23(27)25-17-11-13-18(14-12-17)26(28)29)22(16-7-3-2-4-8-16)19-9-5-6-10-20(19)24-15/h2-14H,1H3,(H,25,27). The molecule has 0 aliphatic rings. The van der Waals surface area contributed by atoms with E-state index in [-0.39, 0.29) is 11.6 Å². The van der Waals surface area contributed by atoms with Gasteiger partial charge in [-0.2, -0.15) is 0 Å². The van der Waals surface area contributed by atoms with Crippen LogP contribution in [0.25, 0.3) is 22.0 Å². The summed E-state index contributed by atoms with van der Waals surface area (Å²) in [6, 6.07) is 23.2. The monoisotopic (exact) mass is 383 g/mol. The number of nitro benzene ring substituents is 1. The normalized spacial score (nSPS) is 10.7. The topological polar surface area (TPSA) is 85.1 Å². The molecule has 29 heavy (non-hydrogen) atoms. The van der Waals surface area contributed by atoms with Crippen molar-refractivity contribution in [1.82, 2.24) is 4.98 Å². The first kappa shape index (κ1) is 18.3. The summed E-state index contributed by atoms with van der Waals surface area (Å²) in [6.45, 7) is 1.81. The molecule has 1 aromatic heterocycles. The van der Waals surface area contributed by atoms with Crippen molar-refractivity contribution in [3.8, 4) is 11.1 Å². The molecule has 0 saturated carbocycles. The number of anilines is 1. The van der Waals surface area contributed by atoms with Crippen LogP contribution in [0.2, 0.25) is 0 Å². The Hall–Kier alpha value is -4.06. The van der Waals surface area contributed by atoms with Gasteiger partial charge in [-0.3, -0.25) is 19.9 Å². The zero-order valence-corrected chi connectivity index (χ0v) is 15.6. The minimum absolute atomic E-state index is 0.0310. The highest BCUT2D eigenvalue weighted by atomic mass is 16.6. The Morgan fingerprint density at radius 3 is 2.28 bits per heavy atom. The minimum atomic E-state index is -0.476. The van der Waals surface area contributed by atoms with Gasteiger partial charge in [-0.15, -0.1) is 0 Å². The second kappa shape index (κ2) is 7.52. The van der Waals surface area contributed by atoms with Crippen LogP contribution in [0.3, 0.4) is 0 Å². The van der Waals surface area contributed by atoms with Gasteiger partial charge in [0.1, 0.15) is 0 Å². The number of para-hydroxylation sites is 1. The van der Waals surface area contributed by atoms with Gasteiger partial charge in [0.15, 0.2) is 0 Å². The molecule has 0 aliphatic heterocycles. The highest BCUT2D eigenvalue weighted by Gasteiger charge is 2.20. The van der Waals surface area contributed by atoms with Gasteiger partial charge in [-0.1, -0.05) is 48.5 Å². The largest absolute Gasteiger partial charge is 0.322 e. The van der Waals surface area contributed by atoms with E-state index in [0.29, 0.717) is 16.9 Å². The van der Waals surface area contributed by atoms with Crippen LogP contribution in [0.5, 0.6) is 0 Å². The quantitative estimate of drug-likeness (QED) is 0.379. The van der Waals surface area contributed by atoms with Crippen LogP contribution in [-0.2, 0) is 0 Å². The lowest BCUT2D eigenvalue weighted by molar-refractivity contribution is -0.384. The number of non-ortho nitro benzene ring substituents is 1. The van der Waals surface area contributed by atoms with Gasteiger partial charge in [-0.25, -0.2) is 0 Å². The fourth-order valence-electron chi connectivity index (χ4n) is 3.38. The molecule has 0 saturated heterocycles. The number of nitro groups is 1. The first-order valence-electron chi connectivity index (χ1n) is 9.05. The molecule has 0 atom stereocenters. The summed E-state index contributed by atoms with van der Waals surface area (Å²) in [5.74, 6) is -0.312. The van der Waals surface area contributed by atoms with E-state index >= 15 is 0 Å². The van der Waals surface area contributed by atoms with Crippen LogP contribution in [0, 0.1) is 17.0 Å². The Morgan fingerprint density at radius 1 is 0.931 bits per heavy atom. The lowest BCUT2D eigenvalue weighted by Gasteiger charge is -2.16. The Bertz CT molecular complexity index is 1220. The first-order chi connectivity index (χ1) is 14.0. The molecular formula is C23H17N3O3. The predicted molar refractivity (Wildman–Crippen MR) is 113 cm³/mol. The molecule has 1 amide bonds. The maximum absolute atomic E-state index is 13.2. The maximum atomic E-state index is 13.2. The number of carbonyl (C=O) groups is 1. The number of pyridine rings is 1. The summed E-state index contributed by atoms with van der Waals surface area (Å²) in [5, 5.41) is 14.6. The van der Waals surface area contributed by atoms with Crippen LogP contribution in [0.15, 0.2) is 78.9 Å². The molecule has 0 unspecified atom stereocenters. The summed E-state index contributed by atoms with van der Waals surface area (Å²) in [4.78, 5) is 28.2. The number of nitrogens with zero attached hydrogens (tertiary/aromatic N) is 2. The number of fused-ring (bicyclic) bond motifs is 1. The number of hydrogen-bond acceptors (Lipinski definition) is 4. The van der Waals surface area contributed by atoms with Crippen LogP contribution in [-0.4, -0.2) is 15.8 Å². The van der Waals surface area contributed by atoms with Crippen molar-refractivity contribution in [2.45, 2.75) is 6.92 Å². The lowest BCUT2D eigenvalue weighted by atomic mass is 9.94. The average molecular weight is 383 g/mol. The highest BCUT2D eigenvalue weighted by molar-refractivity contribution is 6.14. The number of nitrogens with one attached hydrogen (secondary N) is 1. The van der Waals surface area contributed by atoms with Crippen molar-refractivity contribution < 1.29 is 9.72 Å². The number of hydrogen-bond donors (Lipinski definition) is 1. The number of carbonyl (C=O) groups excluding carboxylic acids is 1. The van der Waals surface area contributed by atoms with E-state index in [2.05, 4.69) is 10.3 Å². The minimum Gasteiger partial charge on any atom is -0.322 e. The van der Waals surface area contributed by atoms with Gasteiger partial charge in [0.05, 0.1) is 21.7 Å². The van der Waals surface area contributed by atoms with Crippen molar-refractivity contribution in [1.29, 1.82) is 0 Å². The molecule has 1 heterocycles. The zero-order valence-electron chi connectivity index (χ0n) is 15.6. The summed E-state index contributed by atoms with van der Waals surface area (Å²) in [6.07, 6.45) is 0. The predicted octanol–water partition coefficient (Wildman–Crippen LogP) is 5.37. The molecule has 0 spiro atoms. The van der Waals surface area contributed by atoms with Crippen molar-refractivity contribution >= 4 is 28.2 Å². The van der Waals surface area contributed by atoms with Gasteiger partial charge in [0, 0.05) is 28.8 Å². The Morgan fingerprint density at radius 2 is 1.59 bits per heavy atom. The molecule has 6 heteroatoms. The third-order valence-corrected chi connectivity index (χ3v) is 4.70. The maximum Gasteiger partial charge on any atom is 0.269 e. The number of aromatic nitrogens is 1. The van der Waals surface area contributed by atoms with E-state index in [0.717, 1.165) is 22.0 Å². The fraction of sp³-hybridized carbons (Fsp3) is 0.0435. The number of aryl methyl sites for hydroxylation is 1. The first-order valence-corrected chi connectivity index (χ1v) is 9.05. The molecule has 1 N–H and O–H groups in total. The number of rotatable bonds is 4. The molecule has 3 aromatic carbocycles. The molecule has 142 valence electrons. The number of benzene rings is 3. The van der Waals surface area contributed by atoms with Crippen LogP contribution in [0.4, 0.5) is 11.4 Å². The summed E-state index contributed by atoms with van der Waals surface area (Å²) < 4.78 is 0. The van der Waals surface area contributed by atoms with Gasteiger partial charge in [-0.05, 0) is 30.7 Å². The second-order valence-electron chi connectivity index (χ2n) is 6.59. The Kier molecular flexibility index (Phi) is 4.75. The van der Waals surface area contributed by atoms with Crippen molar-refractivity contribution in [2.24, 2.45) is 0 Å². The van der Waals surface area contributed by atoms with E-state index in [9.17, 15) is 14.9 Å². The molecule has 4 aromatic rings. The van der Waals surface area contributed by atoms with Gasteiger partial charge in [0.2, 0.25) is 0 Å². The molecule has 0 aliphatic carbocycles. The van der Waals surface area contributed by atoms with E-state index in [1.165, 1.54) is 24.3 Å². The van der Waals surface area contributed by atoms with Crippen LogP contribution in [0.1, 0.15) is 16.1 Å². The van der Waals surface area contributed by atoms with E-state index in [4.69, 9.17) is 0 Å². The summed E-state index contributed by atoms with van der Waals surface area (Å²) >= 11 is 0. The Labute approximate surface area is 167 Å². The van der Waals surface area contributed by atoms with Crippen LogP contribution >= 0.6 is 0 Å². The smallest absolute Gasteiger partial charge is 0.269 e. The fourth-order valence-corrected chi connectivity index (χ4v) is 3.38. The van der Waals surface area contributed by atoms with Crippen molar-refractivity contribution in [3.63, 3.8) is 0 Å². The van der Waals surface area contributed by atoms with Crippen LogP contribution < -0.4 is 5.32 Å². The molecule has 4 rings (SSSR count).